The van der Waals surface area contributed by atoms with Crippen LogP contribution in [0.15, 0.2) is 78.9 Å². The molecule has 21 heavy (non-hydrogen) atoms. The second-order valence-corrected chi connectivity index (χ2v) is 4.90. The Morgan fingerprint density at radius 2 is 1.19 bits per heavy atom. The van der Waals surface area contributed by atoms with E-state index in [9.17, 15) is 0 Å². The molecular weight excluding hydrogens is 254 g/mol. The third kappa shape index (κ3) is 3.09. The number of pyridine rings is 1. The van der Waals surface area contributed by atoms with Gasteiger partial charge in [0.15, 0.2) is 0 Å². The monoisotopic (exact) mass is 271 g/mol. The maximum Gasteiger partial charge on any atom is 0.0715 e. The van der Waals surface area contributed by atoms with Gasteiger partial charge in [-0.05, 0) is 24.6 Å². The molecule has 0 saturated heterocycles. The molecule has 0 N–H and O–H groups in total. The molecule has 0 bridgehead atoms. The molecule has 0 saturated carbocycles. The van der Waals surface area contributed by atoms with Gasteiger partial charge in [0.2, 0.25) is 0 Å². The largest absolute Gasteiger partial charge is 0.248 e. The highest BCUT2D eigenvalue weighted by Gasteiger charge is 2.05. The van der Waals surface area contributed by atoms with Gasteiger partial charge >= 0.3 is 0 Å². The predicted octanol–water partition coefficient (Wildman–Crippen LogP) is 5.45. The summed E-state index contributed by atoms with van der Waals surface area (Å²) < 4.78 is 0. The van der Waals surface area contributed by atoms with Crippen LogP contribution in [0.4, 0.5) is 0 Å². The lowest BCUT2D eigenvalue weighted by molar-refractivity contribution is 1.31. The van der Waals surface area contributed by atoms with E-state index in [2.05, 4.69) is 48.6 Å². The molecule has 1 heteroatoms. The normalized spacial score (nSPS) is 10.9. The third-order valence-corrected chi connectivity index (χ3v) is 3.35. The molecule has 0 amide bonds. The van der Waals surface area contributed by atoms with Gasteiger partial charge in [0.05, 0.1) is 11.4 Å². The predicted molar refractivity (Wildman–Crippen MR) is 89.8 cm³/mol. The van der Waals surface area contributed by atoms with E-state index in [1.165, 1.54) is 5.56 Å². The molecule has 0 fully saturated rings. The topological polar surface area (TPSA) is 12.9 Å². The minimum absolute atomic E-state index is 1.00. The summed E-state index contributed by atoms with van der Waals surface area (Å²) in [4.78, 5) is 4.82. The Balaban J connectivity index is 2.15. The zero-order chi connectivity index (χ0) is 14.5. The van der Waals surface area contributed by atoms with E-state index in [0.29, 0.717) is 0 Å². The summed E-state index contributed by atoms with van der Waals surface area (Å²) in [6, 6.07) is 24.9. The molecule has 3 aromatic rings. The Kier molecular flexibility index (Phi) is 3.92. The summed E-state index contributed by atoms with van der Waals surface area (Å²) in [5, 5.41) is 0. The van der Waals surface area contributed by atoms with Crippen molar-refractivity contribution >= 4 is 6.08 Å². The highest BCUT2D eigenvalue weighted by molar-refractivity contribution is 5.70. The summed E-state index contributed by atoms with van der Waals surface area (Å²) in [6.07, 6.45) is 4.17. The van der Waals surface area contributed by atoms with E-state index in [4.69, 9.17) is 4.98 Å². The fraction of sp³-hybridized carbons (Fsp3) is 0.0500. The lowest BCUT2D eigenvalue weighted by Crippen LogP contribution is -1.90. The Hall–Kier alpha value is -2.67. The van der Waals surface area contributed by atoms with Gasteiger partial charge in [-0.3, -0.25) is 0 Å². The Labute approximate surface area is 125 Å². The average Bonchev–Trinajstić information content (AvgIpc) is 2.56. The van der Waals surface area contributed by atoms with E-state index in [1.54, 1.807) is 0 Å². The van der Waals surface area contributed by atoms with Crippen LogP contribution < -0.4 is 0 Å². The van der Waals surface area contributed by atoms with Crippen LogP contribution in [0.5, 0.6) is 0 Å². The second kappa shape index (κ2) is 6.19. The van der Waals surface area contributed by atoms with Crippen LogP contribution in [-0.2, 0) is 0 Å². The SMILES string of the molecule is CC=Cc1cc(-c2ccccc2)nc(-c2ccccc2)c1. The average molecular weight is 271 g/mol. The molecule has 1 aromatic heterocycles. The minimum atomic E-state index is 1.00. The smallest absolute Gasteiger partial charge is 0.0715 e. The molecule has 1 heterocycles. The summed E-state index contributed by atoms with van der Waals surface area (Å²) in [7, 11) is 0. The second-order valence-electron chi connectivity index (χ2n) is 4.90. The molecule has 0 unspecified atom stereocenters. The number of hydrogen-bond acceptors (Lipinski definition) is 1. The molecule has 0 aliphatic rings. The Bertz CT molecular complexity index is 686. The number of hydrogen-bond donors (Lipinski definition) is 0. The van der Waals surface area contributed by atoms with Crippen LogP contribution in [0.1, 0.15) is 12.5 Å². The number of rotatable bonds is 3. The molecule has 102 valence electrons. The van der Waals surface area contributed by atoms with E-state index < -0.39 is 0 Å². The van der Waals surface area contributed by atoms with E-state index >= 15 is 0 Å². The van der Waals surface area contributed by atoms with Crippen LogP contribution in [0, 0.1) is 0 Å². The van der Waals surface area contributed by atoms with Crippen LogP contribution in [0.25, 0.3) is 28.6 Å². The van der Waals surface area contributed by atoms with Gasteiger partial charge in [-0.1, -0.05) is 72.8 Å². The Morgan fingerprint density at radius 3 is 1.62 bits per heavy atom. The van der Waals surface area contributed by atoms with Crippen molar-refractivity contribution in [1.82, 2.24) is 4.98 Å². The molecule has 0 radical (unpaired) electrons. The highest BCUT2D eigenvalue weighted by atomic mass is 14.7. The number of nitrogens with zero attached hydrogens (tertiary/aromatic N) is 1. The van der Waals surface area contributed by atoms with Crippen molar-refractivity contribution in [1.29, 1.82) is 0 Å². The third-order valence-electron chi connectivity index (χ3n) is 3.35. The lowest BCUT2D eigenvalue weighted by Gasteiger charge is -2.07. The van der Waals surface area contributed by atoms with Crippen molar-refractivity contribution in [2.45, 2.75) is 6.92 Å². The summed E-state index contributed by atoms with van der Waals surface area (Å²) in [5.41, 5.74) is 5.46. The lowest BCUT2D eigenvalue weighted by atomic mass is 10.0. The molecule has 3 rings (SSSR count). The van der Waals surface area contributed by atoms with Gasteiger partial charge < -0.3 is 0 Å². The first-order valence-corrected chi connectivity index (χ1v) is 7.12. The molecular formula is C20H17N. The molecule has 0 spiro atoms. The van der Waals surface area contributed by atoms with Crippen LogP contribution in [-0.4, -0.2) is 4.98 Å². The first-order valence-electron chi connectivity index (χ1n) is 7.12. The van der Waals surface area contributed by atoms with Crippen LogP contribution >= 0.6 is 0 Å². The van der Waals surface area contributed by atoms with Gasteiger partial charge in [0.1, 0.15) is 0 Å². The first-order chi connectivity index (χ1) is 10.4. The zero-order valence-corrected chi connectivity index (χ0v) is 12.0. The van der Waals surface area contributed by atoms with Crippen molar-refractivity contribution in [3.05, 3.63) is 84.4 Å². The first kappa shape index (κ1) is 13.3. The van der Waals surface area contributed by atoms with E-state index in [1.807, 2.05) is 43.3 Å². The molecule has 2 aromatic carbocycles. The van der Waals surface area contributed by atoms with Crippen molar-refractivity contribution in [3.8, 4) is 22.5 Å². The maximum atomic E-state index is 4.82. The standard InChI is InChI=1S/C20H17N/c1-2-9-16-14-19(17-10-5-3-6-11-17)21-20(15-16)18-12-7-4-8-13-18/h2-15H,1H3. The van der Waals surface area contributed by atoms with Crippen molar-refractivity contribution in [2.24, 2.45) is 0 Å². The van der Waals surface area contributed by atoms with E-state index in [0.717, 1.165) is 22.5 Å². The van der Waals surface area contributed by atoms with Crippen molar-refractivity contribution < 1.29 is 0 Å². The van der Waals surface area contributed by atoms with Crippen molar-refractivity contribution in [3.63, 3.8) is 0 Å². The van der Waals surface area contributed by atoms with Gasteiger partial charge in [0, 0.05) is 11.1 Å². The quantitative estimate of drug-likeness (QED) is 0.617. The molecule has 1 nitrogen and oxygen atoms in total. The highest BCUT2D eigenvalue weighted by Crippen LogP contribution is 2.25. The number of aromatic nitrogens is 1. The zero-order valence-electron chi connectivity index (χ0n) is 12.0. The van der Waals surface area contributed by atoms with Crippen LogP contribution in [0.3, 0.4) is 0 Å². The molecule has 0 aliphatic carbocycles. The fourth-order valence-electron chi connectivity index (χ4n) is 2.35. The van der Waals surface area contributed by atoms with Gasteiger partial charge in [-0.25, -0.2) is 4.98 Å². The van der Waals surface area contributed by atoms with E-state index in [-0.39, 0.29) is 0 Å². The van der Waals surface area contributed by atoms with Gasteiger partial charge in [0.25, 0.3) is 0 Å². The fourth-order valence-corrected chi connectivity index (χ4v) is 2.35. The summed E-state index contributed by atoms with van der Waals surface area (Å²) in [6.45, 7) is 2.03. The minimum Gasteiger partial charge on any atom is -0.248 e. The summed E-state index contributed by atoms with van der Waals surface area (Å²) in [5.74, 6) is 0. The van der Waals surface area contributed by atoms with Crippen molar-refractivity contribution in [2.75, 3.05) is 0 Å². The van der Waals surface area contributed by atoms with Crippen LogP contribution in [0.2, 0.25) is 0 Å². The maximum absolute atomic E-state index is 4.82. The van der Waals surface area contributed by atoms with Gasteiger partial charge in [-0.15, -0.1) is 0 Å². The number of allylic oxidation sites excluding steroid dienone is 1. The number of benzene rings is 2. The Morgan fingerprint density at radius 1 is 0.714 bits per heavy atom. The van der Waals surface area contributed by atoms with Gasteiger partial charge in [-0.2, -0.15) is 0 Å². The molecule has 0 atom stereocenters. The summed E-state index contributed by atoms with van der Waals surface area (Å²) >= 11 is 0. The molecule has 0 aliphatic heterocycles.